The molecule has 0 radical (unpaired) electrons. The molecule has 1 N–H and O–H groups in total. The lowest BCUT2D eigenvalue weighted by Crippen LogP contribution is -2.36. The minimum Gasteiger partial charge on any atom is -0.316 e. The van der Waals surface area contributed by atoms with Gasteiger partial charge in [0.25, 0.3) is 11.6 Å². The molecule has 0 aromatic heterocycles. The van der Waals surface area contributed by atoms with Crippen LogP contribution < -0.4 is 10.2 Å². The first kappa shape index (κ1) is 22.3. The van der Waals surface area contributed by atoms with Crippen LogP contribution in [0.3, 0.4) is 0 Å². The van der Waals surface area contributed by atoms with Gasteiger partial charge < -0.3 is 10.2 Å². The highest BCUT2D eigenvalue weighted by molar-refractivity contribution is 6.10. The fourth-order valence-electron chi connectivity index (χ4n) is 3.56. The third kappa shape index (κ3) is 3.97. The molecule has 1 aliphatic rings. The lowest BCUT2D eigenvalue weighted by molar-refractivity contribution is -0.383. The van der Waals surface area contributed by atoms with Gasteiger partial charge in [-0.15, -0.1) is 0 Å². The summed E-state index contributed by atoms with van der Waals surface area (Å²) in [5.74, 6) is -1.01. The minimum absolute atomic E-state index is 0.0919. The van der Waals surface area contributed by atoms with Crippen LogP contribution in [0.1, 0.15) is 48.7 Å². The molecule has 31 heavy (non-hydrogen) atoms. The number of nitro benzene ring substituents is 1. The van der Waals surface area contributed by atoms with Gasteiger partial charge in [0.1, 0.15) is 5.69 Å². The van der Waals surface area contributed by atoms with E-state index in [1.54, 1.807) is 13.8 Å². The lowest BCUT2D eigenvalue weighted by Gasteiger charge is -2.19. The van der Waals surface area contributed by atoms with Gasteiger partial charge in [0.2, 0.25) is 5.91 Å². The maximum Gasteiger partial charge on any atom is 0.416 e. The number of nitrogens with zero attached hydrogens (tertiary/aromatic N) is 2. The standard InChI is InChI=1S/C21H20F3N3O4/c1-4-9-26-16-11-17(27(30)31)15(10-14(16)20(2,3)19(26)29)25-18(28)12-5-7-13(8-6-12)21(22,23)24/h5-8,10-11H,4,9H2,1-3H3,(H,25,28). The van der Waals surface area contributed by atoms with E-state index in [2.05, 4.69) is 5.32 Å². The molecule has 0 saturated carbocycles. The van der Waals surface area contributed by atoms with Gasteiger partial charge in [0.05, 0.1) is 21.6 Å². The summed E-state index contributed by atoms with van der Waals surface area (Å²) in [7, 11) is 0. The van der Waals surface area contributed by atoms with Crippen LogP contribution in [-0.2, 0) is 16.4 Å². The van der Waals surface area contributed by atoms with E-state index in [4.69, 9.17) is 0 Å². The van der Waals surface area contributed by atoms with E-state index in [0.717, 1.165) is 24.3 Å². The number of halogens is 3. The van der Waals surface area contributed by atoms with Crippen LogP contribution in [0.25, 0.3) is 0 Å². The molecule has 1 heterocycles. The van der Waals surface area contributed by atoms with Gasteiger partial charge >= 0.3 is 6.18 Å². The Morgan fingerprint density at radius 2 is 1.81 bits per heavy atom. The first-order chi connectivity index (χ1) is 14.4. The number of carbonyl (C=O) groups excluding carboxylic acids is 2. The third-order valence-electron chi connectivity index (χ3n) is 5.22. The molecular formula is C21H20F3N3O4. The van der Waals surface area contributed by atoms with Gasteiger partial charge in [-0.1, -0.05) is 6.92 Å². The molecule has 10 heteroatoms. The number of amides is 2. The fourth-order valence-corrected chi connectivity index (χ4v) is 3.56. The minimum atomic E-state index is -4.55. The van der Waals surface area contributed by atoms with E-state index in [-0.39, 0.29) is 17.2 Å². The van der Waals surface area contributed by atoms with Crippen molar-refractivity contribution in [2.75, 3.05) is 16.8 Å². The first-order valence-corrected chi connectivity index (χ1v) is 9.51. The van der Waals surface area contributed by atoms with Crippen molar-refractivity contribution >= 4 is 28.9 Å². The van der Waals surface area contributed by atoms with Crippen LogP contribution in [0.15, 0.2) is 36.4 Å². The summed E-state index contributed by atoms with van der Waals surface area (Å²) >= 11 is 0. The Hall–Kier alpha value is -3.43. The zero-order valence-electron chi connectivity index (χ0n) is 17.0. The topological polar surface area (TPSA) is 92.6 Å². The smallest absolute Gasteiger partial charge is 0.316 e. The van der Waals surface area contributed by atoms with Crippen LogP contribution in [-0.4, -0.2) is 23.3 Å². The van der Waals surface area contributed by atoms with Crippen molar-refractivity contribution in [3.63, 3.8) is 0 Å². The zero-order chi connectivity index (χ0) is 23.1. The van der Waals surface area contributed by atoms with E-state index in [1.165, 1.54) is 17.0 Å². The molecule has 2 aromatic carbocycles. The highest BCUT2D eigenvalue weighted by atomic mass is 19.4. The van der Waals surface area contributed by atoms with E-state index in [9.17, 15) is 32.9 Å². The second-order valence-electron chi connectivity index (χ2n) is 7.75. The molecule has 2 aromatic rings. The van der Waals surface area contributed by atoms with Gasteiger partial charge in [-0.05, 0) is 56.2 Å². The van der Waals surface area contributed by atoms with Crippen molar-refractivity contribution in [3.05, 3.63) is 63.2 Å². The fraction of sp³-hybridized carbons (Fsp3) is 0.333. The van der Waals surface area contributed by atoms with Crippen LogP contribution in [0.4, 0.5) is 30.2 Å². The number of hydrogen-bond acceptors (Lipinski definition) is 4. The number of carbonyl (C=O) groups is 2. The molecule has 0 bridgehead atoms. The van der Waals surface area contributed by atoms with Gasteiger partial charge in [-0.25, -0.2) is 0 Å². The van der Waals surface area contributed by atoms with E-state index in [0.29, 0.717) is 24.2 Å². The highest BCUT2D eigenvalue weighted by Gasteiger charge is 2.45. The summed E-state index contributed by atoms with van der Waals surface area (Å²) in [5.41, 5.74) is -1.56. The van der Waals surface area contributed by atoms with Crippen molar-refractivity contribution < 1.29 is 27.7 Å². The van der Waals surface area contributed by atoms with Gasteiger partial charge in [0, 0.05) is 18.2 Å². The van der Waals surface area contributed by atoms with Crippen molar-refractivity contribution in [3.8, 4) is 0 Å². The molecular weight excluding hydrogens is 415 g/mol. The summed E-state index contributed by atoms with van der Waals surface area (Å²) in [4.78, 5) is 37.8. The summed E-state index contributed by atoms with van der Waals surface area (Å²) in [5, 5.41) is 14.0. The molecule has 0 unspecified atom stereocenters. The summed E-state index contributed by atoms with van der Waals surface area (Å²) < 4.78 is 38.2. The predicted octanol–water partition coefficient (Wildman–Crippen LogP) is 4.90. The number of alkyl halides is 3. The van der Waals surface area contributed by atoms with Crippen molar-refractivity contribution in [2.45, 2.75) is 38.8 Å². The molecule has 0 saturated heterocycles. The SMILES string of the molecule is CCCN1C(=O)C(C)(C)c2cc(NC(=O)c3ccc(C(F)(F)F)cc3)c([N+](=O)[O-])cc21. The average Bonchev–Trinajstić information content (AvgIpc) is 2.87. The second kappa shape index (κ2) is 7.68. The quantitative estimate of drug-likeness (QED) is 0.534. The number of anilines is 2. The monoisotopic (exact) mass is 435 g/mol. The largest absolute Gasteiger partial charge is 0.416 e. The van der Waals surface area contributed by atoms with E-state index in [1.807, 2.05) is 6.92 Å². The van der Waals surface area contributed by atoms with Crippen molar-refractivity contribution in [1.29, 1.82) is 0 Å². The second-order valence-corrected chi connectivity index (χ2v) is 7.75. The molecule has 164 valence electrons. The lowest BCUT2D eigenvalue weighted by atomic mass is 9.85. The van der Waals surface area contributed by atoms with Gasteiger partial charge in [-0.2, -0.15) is 13.2 Å². The number of benzene rings is 2. The Morgan fingerprint density at radius 3 is 2.32 bits per heavy atom. The van der Waals surface area contributed by atoms with Gasteiger partial charge in [-0.3, -0.25) is 19.7 Å². The summed E-state index contributed by atoms with van der Waals surface area (Å²) in [6.45, 7) is 5.66. The maximum absolute atomic E-state index is 12.8. The molecule has 0 aliphatic carbocycles. The van der Waals surface area contributed by atoms with Crippen LogP contribution in [0.2, 0.25) is 0 Å². The number of hydrogen-bond donors (Lipinski definition) is 1. The third-order valence-corrected chi connectivity index (χ3v) is 5.22. The number of nitro groups is 1. The predicted molar refractivity (Wildman–Crippen MR) is 108 cm³/mol. The van der Waals surface area contributed by atoms with Crippen LogP contribution in [0, 0.1) is 10.1 Å². The number of rotatable bonds is 5. The van der Waals surface area contributed by atoms with Crippen molar-refractivity contribution in [1.82, 2.24) is 0 Å². The zero-order valence-corrected chi connectivity index (χ0v) is 17.0. The van der Waals surface area contributed by atoms with E-state index < -0.39 is 33.7 Å². The molecule has 3 rings (SSSR count). The molecule has 7 nitrogen and oxygen atoms in total. The number of fused-ring (bicyclic) bond motifs is 1. The Labute approximate surface area is 176 Å². The molecule has 0 fully saturated rings. The first-order valence-electron chi connectivity index (χ1n) is 9.51. The molecule has 0 spiro atoms. The van der Waals surface area contributed by atoms with Crippen LogP contribution in [0.5, 0.6) is 0 Å². The Kier molecular flexibility index (Phi) is 5.51. The maximum atomic E-state index is 12.8. The van der Waals surface area contributed by atoms with Gasteiger partial charge in [0.15, 0.2) is 0 Å². The molecule has 1 aliphatic heterocycles. The van der Waals surface area contributed by atoms with Crippen LogP contribution >= 0.6 is 0 Å². The summed E-state index contributed by atoms with van der Waals surface area (Å²) in [6, 6.07) is 6.15. The molecule has 2 amide bonds. The Bertz CT molecular complexity index is 1060. The Morgan fingerprint density at radius 1 is 1.19 bits per heavy atom. The summed E-state index contributed by atoms with van der Waals surface area (Å²) in [6.07, 6.45) is -3.89. The molecule has 0 atom stereocenters. The number of nitrogens with one attached hydrogen (secondary N) is 1. The average molecular weight is 435 g/mol. The van der Waals surface area contributed by atoms with E-state index >= 15 is 0 Å². The Balaban J connectivity index is 2.00. The highest BCUT2D eigenvalue weighted by Crippen LogP contribution is 2.46. The van der Waals surface area contributed by atoms with Crippen molar-refractivity contribution in [2.24, 2.45) is 0 Å². The normalized spacial score (nSPS) is 15.0.